The molecule has 0 aromatic heterocycles. The highest BCUT2D eigenvalue weighted by Gasteiger charge is 2.28. The summed E-state index contributed by atoms with van der Waals surface area (Å²) in [5, 5.41) is 0. The largest absolute Gasteiger partial charge is 0.353 e. The molecule has 0 amide bonds. The van der Waals surface area contributed by atoms with Crippen molar-refractivity contribution in [3.63, 3.8) is 0 Å². The molecule has 2 atom stereocenters. The number of hydrogen-bond donors (Lipinski definition) is 0. The molecule has 0 bridgehead atoms. The summed E-state index contributed by atoms with van der Waals surface area (Å²) in [5.74, 6) is 0. The average Bonchev–Trinajstić information content (AvgIpc) is 2.64. The normalized spacial score (nSPS) is 20.8. The van der Waals surface area contributed by atoms with Gasteiger partial charge in [-0.25, -0.2) is 0 Å². The Morgan fingerprint density at radius 1 is 1.29 bits per heavy atom. The molecule has 1 aliphatic rings. The van der Waals surface area contributed by atoms with Gasteiger partial charge in [0.1, 0.15) is 0 Å². The second kappa shape index (κ2) is 10.4. The lowest BCUT2D eigenvalue weighted by molar-refractivity contribution is -0.171. The Balaban J connectivity index is 1.90. The maximum Gasteiger partial charge on any atom is 0.160 e. The van der Waals surface area contributed by atoms with Gasteiger partial charge in [-0.3, -0.25) is 9.79 Å². The SMILES string of the molecule is CC(CCCCN=CC=O)(COC1CCCCO1)c1ccccc1. The first-order valence-electron chi connectivity index (χ1n) is 8.97. The molecule has 4 heteroatoms. The fourth-order valence-electron chi connectivity index (χ4n) is 3.10. The van der Waals surface area contributed by atoms with Crippen molar-refractivity contribution in [3.8, 4) is 0 Å². The van der Waals surface area contributed by atoms with E-state index in [0.717, 1.165) is 45.0 Å². The summed E-state index contributed by atoms with van der Waals surface area (Å²) in [6, 6.07) is 10.6. The van der Waals surface area contributed by atoms with E-state index < -0.39 is 0 Å². The highest BCUT2D eigenvalue weighted by Crippen LogP contribution is 2.31. The smallest absolute Gasteiger partial charge is 0.160 e. The van der Waals surface area contributed by atoms with Crippen molar-refractivity contribution in [2.75, 3.05) is 19.8 Å². The zero-order chi connectivity index (χ0) is 17.1. The second-order valence-electron chi connectivity index (χ2n) is 6.68. The number of unbranched alkanes of at least 4 members (excludes halogenated alkanes) is 1. The standard InChI is InChI=1S/C20H29NO3/c1-20(18-9-3-2-4-10-18,12-6-7-13-21-14-15-22)17-24-19-11-5-8-16-23-19/h2-4,9-10,14-15,19H,5-8,11-13,16-17H2,1H3. The molecule has 2 rings (SSSR count). The van der Waals surface area contributed by atoms with Crippen LogP contribution in [0, 0.1) is 0 Å². The molecule has 1 fully saturated rings. The number of aldehydes is 1. The predicted molar refractivity (Wildman–Crippen MR) is 96.6 cm³/mol. The van der Waals surface area contributed by atoms with Gasteiger partial charge in [0.2, 0.25) is 0 Å². The molecule has 4 nitrogen and oxygen atoms in total. The molecule has 1 saturated heterocycles. The predicted octanol–water partition coefficient (Wildman–Crippen LogP) is 3.93. The Morgan fingerprint density at radius 2 is 2.12 bits per heavy atom. The Hall–Kier alpha value is -1.52. The van der Waals surface area contributed by atoms with Crippen LogP contribution < -0.4 is 0 Å². The fraction of sp³-hybridized carbons (Fsp3) is 0.600. The van der Waals surface area contributed by atoms with E-state index in [1.165, 1.54) is 18.2 Å². The lowest BCUT2D eigenvalue weighted by atomic mass is 9.79. The van der Waals surface area contributed by atoms with Crippen molar-refractivity contribution in [2.45, 2.75) is 57.2 Å². The highest BCUT2D eigenvalue weighted by atomic mass is 16.7. The molecule has 0 spiro atoms. The summed E-state index contributed by atoms with van der Waals surface area (Å²) in [4.78, 5) is 14.3. The molecule has 2 unspecified atom stereocenters. The number of hydrogen-bond acceptors (Lipinski definition) is 4. The quantitative estimate of drug-likeness (QED) is 0.371. The molecule has 0 saturated carbocycles. The molecule has 0 N–H and O–H groups in total. The van der Waals surface area contributed by atoms with E-state index in [1.807, 2.05) is 6.07 Å². The topological polar surface area (TPSA) is 47.9 Å². The summed E-state index contributed by atoms with van der Waals surface area (Å²) in [5.41, 5.74) is 1.27. The Bertz CT molecular complexity index is 497. The van der Waals surface area contributed by atoms with Crippen LogP contribution in [0.2, 0.25) is 0 Å². The minimum atomic E-state index is -0.0565. The van der Waals surface area contributed by atoms with Crippen LogP contribution in [0.25, 0.3) is 0 Å². The van der Waals surface area contributed by atoms with Crippen LogP contribution in [-0.2, 0) is 19.7 Å². The molecule has 1 heterocycles. The van der Waals surface area contributed by atoms with Crippen molar-refractivity contribution in [1.29, 1.82) is 0 Å². The van der Waals surface area contributed by atoms with Crippen LogP contribution in [0.1, 0.15) is 51.0 Å². The van der Waals surface area contributed by atoms with Crippen LogP contribution >= 0.6 is 0 Å². The third-order valence-corrected chi connectivity index (χ3v) is 4.63. The van der Waals surface area contributed by atoms with E-state index >= 15 is 0 Å². The van der Waals surface area contributed by atoms with Gasteiger partial charge in [0.15, 0.2) is 12.6 Å². The monoisotopic (exact) mass is 331 g/mol. The maximum absolute atomic E-state index is 10.2. The van der Waals surface area contributed by atoms with E-state index in [2.05, 4.69) is 36.2 Å². The molecule has 1 aliphatic heterocycles. The number of rotatable bonds is 10. The van der Waals surface area contributed by atoms with Crippen LogP contribution in [0.3, 0.4) is 0 Å². The Labute approximate surface area is 145 Å². The average molecular weight is 331 g/mol. The highest BCUT2D eigenvalue weighted by molar-refractivity contribution is 6.12. The number of carbonyl (C=O) groups is 1. The molecular weight excluding hydrogens is 302 g/mol. The molecular formula is C20H29NO3. The van der Waals surface area contributed by atoms with Crippen molar-refractivity contribution in [1.82, 2.24) is 0 Å². The van der Waals surface area contributed by atoms with Gasteiger partial charge in [-0.15, -0.1) is 0 Å². The van der Waals surface area contributed by atoms with Gasteiger partial charge in [0.05, 0.1) is 12.8 Å². The van der Waals surface area contributed by atoms with E-state index in [1.54, 1.807) is 0 Å². The molecule has 132 valence electrons. The molecule has 0 aliphatic carbocycles. The first kappa shape index (κ1) is 18.8. The number of aliphatic imine (C=N–C) groups is 1. The van der Waals surface area contributed by atoms with Crippen LogP contribution in [0.15, 0.2) is 35.3 Å². The summed E-state index contributed by atoms with van der Waals surface area (Å²) in [6.07, 6.45) is 8.37. The summed E-state index contributed by atoms with van der Waals surface area (Å²) in [7, 11) is 0. The Morgan fingerprint density at radius 3 is 2.83 bits per heavy atom. The number of nitrogens with zero attached hydrogens (tertiary/aromatic N) is 1. The lowest BCUT2D eigenvalue weighted by Gasteiger charge is -2.33. The van der Waals surface area contributed by atoms with E-state index in [4.69, 9.17) is 9.47 Å². The zero-order valence-corrected chi connectivity index (χ0v) is 14.7. The van der Waals surface area contributed by atoms with Crippen molar-refractivity contribution < 1.29 is 14.3 Å². The first-order chi connectivity index (χ1) is 11.7. The third-order valence-electron chi connectivity index (χ3n) is 4.63. The molecule has 0 radical (unpaired) electrons. The summed E-state index contributed by atoms with van der Waals surface area (Å²) < 4.78 is 11.8. The maximum atomic E-state index is 10.2. The van der Waals surface area contributed by atoms with Crippen molar-refractivity contribution in [3.05, 3.63) is 35.9 Å². The van der Waals surface area contributed by atoms with Gasteiger partial charge < -0.3 is 9.47 Å². The fourth-order valence-corrected chi connectivity index (χ4v) is 3.10. The second-order valence-corrected chi connectivity index (χ2v) is 6.68. The molecule has 24 heavy (non-hydrogen) atoms. The first-order valence-corrected chi connectivity index (χ1v) is 8.97. The molecule has 1 aromatic carbocycles. The summed E-state index contributed by atoms with van der Waals surface area (Å²) in [6.45, 7) is 4.44. The van der Waals surface area contributed by atoms with Crippen molar-refractivity contribution >= 4 is 12.5 Å². The third kappa shape index (κ3) is 6.17. The van der Waals surface area contributed by atoms with Gasteiger partial charge in [0.25, 0.3) is 0 Å². The minimum absolute atomic E-state index is 0.0313. The number of benzene rings is 1. The van der Waals surface area contributed by atoms with E-state index in [-0.39, 0.29) is 11.7 Å². The Kier molecular flexibility index (Phi) is 8.13. The van der Waals surface area contributed by atoms with Crippen LogP contribution in [0.5, 0.6) is 0 Å². The van der Waals surface area contributed by atoms with Gasteiger partial charge in [-0.05, 0) is 37.7 Å². The van der Waals surface area contributed by atoms with E-state index in [0.29, 0.717) is 13.2 Å². The molecule has 1 aromatic rings. The minimum Gasteiger partial charge on any atom is -0.353 e. The van der Waals surface area contributed by atoms with Crippen LogP contribution in [0.4, 0.5) is 0 Å². The number of carbonyl (C=O) groups excluding carboxylic acids is 1. The van der Waals surface area contributed by atoms with Crippen molar-refractivity contribution in [2.24, 2.45) is 4.99 Å². The van der Waals surface area contributed by atoms with Crippen LogP contribution in [-0.4, -0.2) is 38.5 Å². The number of ether oxygens (including phenoxy) is 2. The van der Waals surface area contributed by atoms with E-state index in [9.17, 15) is 4.79 Å². The van der Waals surface area contributed by atoms with Gasteiger partial charge >= 0.3 is 0 Å². The summed E-state index contributed by atoms with van der Waals surface area (Å²) >= 11 is 0. The van der Waals surface area contributed by atoms with Gasteiger partial charge in [-0.2, -0.15) is 0 Å². The lowest BCUT2D eigenvalue weighted by Crippen LogP contribution is -2.33. The van der Waals surface area contributed by atoms with Gasteiger partial charge in [-0.1, -0.05) is 43.7 Å². The van der Waals surface area contributed by atoms with Gasteiger partial charge in [0, 0.05) is 18.6 Å². The zero-order valence-electron chi connectivity index (χ0n) is 14.7.